The number of nitrogens with two attached hydrogens (primary N) is 1. The van der Waals surface area contributed by atoms with Gasteiger partial charge in [-0.15, -0.1) is 0 Å². The van der Waals surface area contributed by atoms with Crippen LogP contribution >= 0.6 is 0 Å². The Morgan fingerprint density at radius 3 is 1.63 bits per heavy atom. The summed E-state index contributed by atoms with van der Waals surface area (Å²) in [6.07, 6.45) is 5.84. The van der Waals surface area contributed by atoms with Crippen molar-refractivity contribution in [1.82, 2.24) is 0 Å². The second kappa shape index (κ2) is 7.86. The Labute approximate surface area is 178 Å². The van der Waals surface area contributed by atoms with Gasteiger partial charge in [0.2, 0.25) is 0 Å². The monoisotopic (exact) mass is 395 g/mol. The molecule has 3 N–H and O–H groups in total. The molecular formula is C28H29NO. The molecule has 1 aliphatic carbocycles. The third kappa shape index (κ3) is 3.30. The maximum Gasteiger partial charge on any atom is 0.130 e. The molecule has 152 valence electrons. The van der Waals surface area contributed by atoms with Crippen LogP contribution < -0.4 is 5.73 Å². The molecule has 0 heterocycles. The van der Waals surface area contributed by atoms with E-state index in [-0.39, 0.29) is 6.04 Å². The summed E-state index contributed by atoms with van der Waals surface area (Å²) in [6, 6.07) is 28.8. The molecule has 0 aromatic heterocycles. The number of fused-ring (bicyclic) bond motifs is 2. The van der Waals surface area contributed by atoms with Crippen molar-refractivity contribution in [3.63, 3.8) is 0 Å². The maximum atomic E-state index is 12.4. The minimum absolute atomic E-state index is 0.321. The lowest BCUT2D eigenvalue weighted by Gasteiger charge is -2.41. The lowest BCUT2D eigenvalue weighted by molar-refractivity contribution is 0.0221. The standard InChI is InChI=1S/C28H29NO/c29-27(22-10-2-1-3-11-22)28(30,25-16-14-20-8-4-6-12-23(20)18-25)26-17-15-21-9-5-7-13-24(21)19-26/h4-9,12-19,22,27,30H,1-3,10-11,29H2. The van der Waals surface area contributed by atoms with Gasteiger partial charge < -0.3 is 10.8 Å². The first-order valence-corrected chi connectivity index (χ1v) is 11.1. The van der Waals surface area contributed by atoms with Crippen LogP contribution in [0.4, 0.5) is 0 Å². The van der Waals surface area contributed by atoms with E-state index in [1.165, 1.54) is 30.0 Å². The van der Waals surface area contributed by atoms with Gasteiger partial charge in [0.15, 0.2) is 0 Å². The lowest BCUT2D eigenvalue weighted by atomic mass is 9.71. The highest BCUT2D eigenvalue weighted by atomic mass is 16.3. The van der Waals surface area contributed by atoms with Crippen molar-refractivity contribution < 1.29 is 5.11 Å². The molecule has 2 heteroatoms. The highest BCUT2D eigenvalue weighted by molar-refractivity contribution is 5.85. The predicted octanol–water partition coefficient (Wildman–Crippen LogP) is 6.14. The van der Waals surface area contributed by atoms with Gasteiger partial charge in [0, 0.05) is 6.04 Å². The van der Waals surface area contributed by atoms with Crippen molar-refractivity contribution in [2.75, 3.05) is 0 Å². The Hall–Kier alpha value is -2.68. The first-order chi connectivity index (χ1) is 14.7. The molecule has 4 aromatic carbocycles. The number of benzene rings is 4. The summed E-state index contributed by atoms with van der Waals surface area (Å²) < 4.78 is 0. The van der Waals surface area contributed by atoms with Crippen molar-refractivity contribution in [3.8, 4) is 0 Å². The lowest BCUT2D eigenvalue weighted by Crippen LogP contribution is -2.51. The molecule has 1 aliphatic rings. The van der Waals surface area contributed by atoms with Crippen molar-refractivity contribution in [2.24, 2.45) is 11.7 Å². The summed E-state index contributed by atoms with van der Waals surface area (Å²) in [7, 11) is 0. The fourth-order valence-corrected chi connectivity index (χ4v) is 5.24. The molecule has 4 aromatic rings. The molecule has 1 atom stereocenters. The fraction of sp³-hybridized carbons (Fsp3) is 0.286. The number of hydrogen-bond acceptors (Lipinski definition) is 2. The van der Waals surface area contributed by atoms with Crippen molar-refractivity contribution in [2.45, 2.75) is 43.7 Å². The van der Waals surface area contributed by atoms with Gasteiger partial charge >= 0.3 is 0 Å². The summed E-state index contributed by atoms with van der Waals surface area (Å²) in [6.45, 7) is 0. The normalized spacial score (nSPS) is 16.7. The zero-order chi connectivity index (χ0) is 20.6. The minimum atomic E-state index is -1.23. The molecule has 1 unspecified atom stereocenters. The van der Waals surface area contributed by atoms with E-state index in [4.69, 9.17) is 5.73 Å². The van der Waals surface area contributed by atoms with Crippen LogP contribution in [0.3, 0.4) is 0 Å². The van der Waals surface area contributed by atoms with Crippen LogP contribution in [-0.4, -0.2) is 11.1 Å². The van der Waals surface area contributed by atoms with E-state index >= 15 is 0 Å². The number of aliphatic hydroxyl groups is 1. The molecule has 0 aliphatic heterocycles. The second-order valence-electron chi connectivity index (χ2n) is 8.81. The maximum absolute atomic E-state index is 12.4. The summed E-state index contributed by atoms with van der Waals surface area (Å²) in [5.41, 5.74) is 7.47. The van der Waals surface area contributed by atoms with E-state index in [2.05, 4.69) is 60.7 Å². The smallest absolute Gasteiger partial charge is 0.130 e. The van der Waals surface area contributed by atoms with E-state index in [0.717, 1.165) is 34.7 Å². The SMILES string of the molecule is NC(C1CCCCC1)C(O)(c1ccc2ccccc2c1)c1ccc2ccccc2c1. The van der Waals surface area contributed by atoms with Crippen molar-refractivity contribution in [3.05, 3.63) is 96.1 Å². The van der Waals surface area contributed by atoms with Crippen molar-refractivity contribution in [1.29, 1.82) is 0 Å². The van der Waals surface area contributed by atoms with Gasteiger partial charge in [-0.1, -0.05) is 92.1 Å². The summed E-state index contributed by atoms with van der Waals surface area (Å²) in [4.78, 5) is 0. The van der Waals surface area contributed by atoms with Crippen LogP contribution in [0.1, 0.15) is 43.2 Å². The zero-order valence-corrected chi connectivity index (χ0v) is 17.3. The van der Waals surface area contributed by atoms with E-state index in [0.29, 0.717) is 5.92 Å². The zero-order valence-electron chi connectivity index (χ0n) is 17.3. The molecule has 1 fully saturated rings. The van der Waals surface area contributed by atoms with E-state index in [9.17, 15) is 5.11 Å². The number of rotatable bonds is 4. The highest BCUT2D eigenvalue weighted by Gasteiger charge is 2.42. The molecule has 0 spiro atoms. The first-order valence-electron chi connectivity index (χ1n) is 11.1. The fourth-order valence-electron chi connectivity index (χ4n) is 5.24. The second-order valence-corrected chi connectivity index (χ2v) is 8.81. The third-order valence-electron chi connectivity index (χ3n) is 7.02. The van der Waals surface area contributed by atoms with Gasteiger partial charge in [-0.25, -0.2) is 0 Å². The molecule has 0 radical (unpaired) electrons. The van der Waals surface area contributed by atoms with Crippen LogP contribution in [0.15, 0.2) is 84.9 Å². The molecule has 0 saturated heterocycles. The minimum Gasteiger partial charge on any atom is -0.379 e. The Balaban J connectivity index is 1.68. The van der Waals surface area contributed by atoms with Gasteiger partial charge in [0.05, 0.1) is 0 Å². The molecule has 5 rings (SSSR count). The average Bonchev–Trinajstić information content (AvgIpc) is 2.83. The number of hydrogen-bond donors (Lipinski definition) is 2. The average molecular weight is 396 g/mol. The molecule has 30 heavy (non-hydrogen) atoms. The van der Waals surface area contributed by atoms with Gasteiger partial charge in [-0.05, 0) is 63.6 Å². The predicted molar refractivity (Wildman–Crippen MR) is 125 cm³/mol. The Morgan fingerprint density at radius 1 is 0.667 bits per heavy atom. The third-order valence-corrected chi connectivity index (χ3v) is 7.02. The van der Waals surface area contributed by atoms with E-state index in [1.54, 1.807) is 0 Å². The largest absolute Gasteiger partial charge is 0.379 e. The Morgan fingerprint density at radius 2 is 1.13 bits per heavy atom. The van der Waals surface area contributed by atoms with Gasteiger partial charge in [0.25, 0.3) is 0 Å². The molecule has 0 bridgehead atoms. The van der Waals surface area contributed by atoms with E-state index < -0.39 is 5.60 Å². The van der Waals surface area contributed by atoms with Crippen LogP contribution in [0.25, 0.3) is 21.5 Å². The van der Waals surface area contributed by atoms with Crippen molar-refractivity contribution >= 4 is 21.5 Å². The van der Waals surface area contributed by atoms with Crippen LogP contribution in [0.5, 0.6) is 0 Å². The topological polar surface area (TPSA) is 46.2 Å². The molecule has 1 saturated carbocycles. The Bertz CT molecular complexity index is 1100. The molecule has 0 amide bonds. The summed E-state index contributed by atoms with van der Waals surface area (Å²) in [5.74, 6) is 0.321. The summed E-state index contributed by atoms with van der Waals surface area (Å²) >= 11 is 0. The summed E-state index contributed by atoms with van der Waals surface area (Å²) in [5, 5.41) is 17.0. The van der Waals surface area contributed by atoms with Crippen LogP contribution in [0, 0.1) is 5.92 Å². The Kier molecular flexibility index (Phi) is 5.06. The van der Waals surface area contributed by atoms with Gasteiger partial charge in [0.1, 0.15) is 5.60 Å². The first kappa shape index (κ1) is 19.3. The van der Waals surface area contributed by atoms with Crippen LogP contribution in [-0.2, 0) is 5.60 Å². The van der Waals surface area contributed by atoms with Gasteiger partial charge in [-0.3, -0.25) is 0 Å². The quantitative estimate of drug-likeness (QED) is 0.436. The molecular weight excluding hydrogens is 366 g/mol. The van der Waals surface area contributed by atoms with Gasteiger partial charge in [-0.2, -0.15) is 0 Å². The molecule has 2 nitrogen and oxygen atoms in total. The van der Waals surface area contributed by atoms with E-state index in [1.807, 2.05) is 24.3 Å². The van der Waals surface area contributed by atoms with Crippen LogP contribution in [0.2, 0.25) is 0 Å². The highest BCUT2D eigenvalue weighted by Crippen LogP contribution is 2.41.